The molecule has 0 bridgehead atoms. The van der Waals surface area contributed by atoms with Crippen molar-refractivity contribution in [2.24, 2.45) is 0 Å². The average Bonchev–Trinajstić information content (AvgIpc) is 3.78. The van der Waals surface area contributed by atoms with Gasteiger partial charge < -0.3 is 0 Å². The minimum atomic E-state index is 1.27. The monoisotopic (exact) mass is 1410 g/mol. The van der Waals surface area contributed by atoms with Crippen molar-refractivity contribution in [1.82, 2.24) is 0 Å². The first kappa shape index (κ1) is 98.5. The Bertz CT molecular complexity index is 1470. The molecule has 0 aliphatic heterocycles. The molecule has 0 saturated heterocycles. The standard InChI is InChI=1S/C101H198/c1-101-99-97-95-93-91-89-87-85-83-81-79-77-75-73-71-69-67-65-63-61-59-57-55-53-51-49-47-45-43-41-39-37-35-33-31-29-27-25-23-21-19-17-15-13-11-9-7-5-3-2-4-6-8-10-12-14-16-18-20-22-24-26-28-30-32-34-36-38-40-42-44-46-48-50-52-54-56-58-60-62-64-66-68-70-72-74-76-78-80-82-84-86-88-90-92-94-96-98-100-101/h97,99-100H,2-96,98H2,1H3/b99-97+,101-100+. The van der Waals surface area contributed by atoms with E-state index >= 15 is 0 Å². The first-order valence-corrected chi connectivity index (χ1v) is 49.7. The van der Waals surface area contributed by atoms with Gasteiger partial charge in [0.15, 0.2) is 0 Å². The van der Waals surface area contributed by atoms with Gasteiger partial charge in [0.05, 0.1) is 0 Å². The first-order valence-electron chi connectivity index (χ1n) is 49.7. The summed E-state index contributed by atoms with van der Waals surface area (Å²) in [5.41, 5.74) is 1.49. The van der Waals surface area contributed by atoms with Crippen molar-refractivity contribution in [1.29, 1.82) is 0 Å². The Balaban J connectivity index is 2.04. The Hall–Kier alpha value is -0.520. The second-order valence-electron chi connectivity index (χ2n) is 35.2. The third-order valence-electron chi connectivity index (χ3n) is 24.7. The van der Waals surface area contributed by atoms with Gasteiger partial charge in [0.2, 0.25) is 0 Å². The van der Waals surface area contributed by atoms with Gasteiger partial charge in [-0.2, -0.15) is 0 Å². The lowest BCUT2D eigenvalue weighted by molar-refractivity contribution is 0.505. The molecule has 0 unspecified atom stereocenters. The second-order valence-corrected chi connectivity index (χ2v) is 35.2. The summed E-state index contributed by atoms with van der Waals surface area (Å²) in [6, 6.07) is 0. The minimum absolute atomic E-state index is 1.27. The van der Waals surface area contributed by atoms with E-state index in [1.54, 1.807) is 0 Å². The van der Waals surface area contributed by atoms with E-state index in [4.69, 9.17) is 0 Å². The largest absolute Gasteiger partial charge is 0.0843 e. The molecule has 1 aliphatic carbocycles. The third-order valence-corrected chi connectivity index (χ3v) is 24.7. The normalized spacial score (nSPS) is 24.5. The van der Waals surface area contributed by atoms with E-state index in [2.05, 4.69) is 25.2 Å². The molecule has 0 nitrogen and oxygen atoms in total. The van der Waals surface area contributed by atoms with Crippen LogP contribution < -0.4 is 0 Å². The van der Waals surface area contributed by atoms with Crippen LogP contribution in [0.2, 0.25) is 0 Å². The summed E-state index contributed by atoms with van der Waals surface area (Å²) in [5, 5.41) is 0. The molecule has 602 valence electrons. The van der Waals surface area contributed by atoms with Crippen molar-refractivity contribution < 1.29 is 0 Å². The molecule has 0 aromatic rings. The van der Waals surface area contributed by atoms with Crippen molar-refractivity contribution in [3.05, 3.63) is 23.8 Å². The molecule has 101 heavy (non-hydrogen) atoms. The van der Waals surface area contributed by atoms with E-state index in [1.807, 2.05) is 0 Å². The molecule has 0 aromatic heterocycles. The lowest BCUT2D eigenvalue weighted by Gasteiger charge is -2.05. The van der Waals surface area contributed by atoms with Gasteiger partial charge in [0.1, 0.15) is 0 Å². The summed E-state index contributed by atoms with van der Waals surface area (Å²) in [6.07, 6.45) is 150. The molecule has 1 aliphatic rings. The molecule has 1 rings (SSSR count). The SMILES string of the molecule is CC1=C\CCCCCCCCCCCCCCCCCCCCCCCCCCCCCCCCCCCCCCCCCCCCCCCCCCCCCCCCCCCCCCCCCCCCCCCCCCCCCCCCCCCCCCCCCCCCCCCC\C=C\1. The van der Waals surface area contributed by atoms with Gasteiger partial charge in [0, 0.05) is 0 Å². The maximum Gasteiger partial charge on any atom is -0.0345 e. The van der Waals surface area contributed by atoms with Crippen molar-refractivity contribution >= 4 is 0 Å². The van der Waals surface area contributed by atoms with Crippen LogP contribution in [-0.2, 0) is 0 Å². The molecule has 0 N–H and O–H groups in total. The highest BCUT2D eigenvalue weighted by atomic mass is 14.1. The number of hydrogen-bond donors (Lipinski definition) is 0. The maximum atomic E-state index is 2.50. The third kappa shape index (κ3) is 91.8. The fraction of sp³-hybridized carbons (Fsp3) is 0.960. The van der Waals surface area contributed by atoms with Crippen LogP contribution in [0.1, 0.15) is 623 Å². The van der Waals surface area contributed by atoms with Gasteiger partial charge in [-0.05, 0) is 32.6 Å². The molecule has 0 atom stereocenters. The molecule has 0 saturated carbocycles. The van der Waals surface area contributed by atoms with Crippen LogP contribution in [-0.4, -0.2) is 0 Å². The van der Waals surface area contributed by atoms with Crippen LogP contribution in [0.25, 0.3) is 0 Å². The van der Waals surface area contributed by atoms with Crippen LogP contribution in [0, 0.1) is 0 Å². The molecule has 0 heteroatoms. The lowest BCUT2D eigenvalue weighted by Crippen LogP contribution is -1.85. The highest BCUT2D eigenvalue weighted by molar-refractivity contribution is 5.15. The number of hydrogen-bond acceptors (Lipinski definition) is 0. The molecule has 0 heterocycles. The summed E-state index contributed by atoms with van der Waals surface area (Å²) >= 11 is 0. The van der Waals surface area contributed by atoms with Gasteiger partial charge in [-0.15, -0.1) is 0 Å². The number of allylic oxidation sites excluding steroid dienone is 4. The fourth-order valence-corrected chi connectivity index (χ4v) is 17.3. The Morgan fingerprint density at radius 3 is 0.287 bits per heavy atom. The summed E-state index contributed by atoms with van der Waals surface area (Å²) in [7, 11) is 0. The molecular weight excluding hydrogens is 1210 g/mol. The molecule has 0 radical (unpaired) electrons. The quantitative estimate of drug-likeness (QED) is 0.227. The van der Waals surface area contributed by atoms with Gasteiger partial charge in [-0.25, -0.2) is 0 Å². The zero-order chi connectivity index (χ0) is 71.6. The predicted octanol–water partition coefficient (Wildman–Crippen LogP) is 39.0. The van der Waals surface area contributed by atoms with Crippen molar-refractivity contribution in [3.8, 4) is 0 Å². The van der Waals surface area contributed by atoms with Gasteiger partial charge >= 0.3 is 0 Å². The van der Waals surface area contributed by atoms with E-state index in [1.165, 1.54) is 622 Å². The van der Waals surface area contributed by atoms with Crippen molar-refractivity contribution in [3.63, 3.8) is 0 Å². The topological polar surface area (TPSA) is 0 Å². The first-order chi connectivity index (χ1) is 50.4. The van der Waals surface area contributed by atoms with E-state index in [-0.39, 0.29) is 0 Å². The Morgan fingerprint density at radius 2 is 0.188 bits per heavy atom. The Kier molecular flexibility index (Phi) is 91.4. The summed E-state index contributed by atoms with van der Waals surface area (Å²) in [4.78, 5) is 0. The summed E-state index contributed by atoms with van der Waals surface area (Å²) in [6.45, 7) is 2.32. The van der Waals surface area contributed by atoms with E-state index in [0.717, 1.165) is 0 Å². The van der Waals surface area contributed by atoms with E-state index in [0.29, 0.717) is 0 Å². The van der Waals surface area contributed by atoms with Gasteiger partial charge in [0.25, 0.3) is 0 Å². The van der Waals surface area contributed by atoms with Crippen molar-refractivity contribution in [2.45, 2.75) is 623 Å². The molecular formula is C101H198. The fourth-order valence-electron chi connectivity index (χ4n) is 17.3. The predicted molar refractivity (Wildman–Crippen MR) is 466 cm³/mol. The zero-order valence-corrected chi connectivity index (χ0v) is 71.1. The van der Waals surface area contributed by atoms with E-state index < -0.39 is 0 Å². The average molecular weight is 1410 g/mol. The van der Waals surface area contributed by atoms with Crippen LogP contribution in [0.15, 0.2) is 23.8 Å². The molecule has 0 amide bonds. The smallest absolute Gasteiger partial charge is 0.0345 e. The van der Waals surface area contributed by atoms with E-state index in [9.17, 15) is 0 Å². The second kappa shape index (κ2) is 93.7. The van der Waals surface area contributed by atoms with Gasteiger partial charge in [-0.1, -0.05) is 615 Å². The maximum absolute atomic E-state index is 2.50. The zero-order valence-electron chi connectivity index (χ0n) is 71.1. The molecule has 0 fully saturated rings. The minimum Gasteiger partial charge on any atom is -0.0843 e. The molecule has 0 aromatic carbocycles. The summed E-state index contributed by atoms with van der Waals surface area (Å²) in [5.74, 6) is 0. The van der Waals surface area contributed by atoms with Crippen LogP contribution in [0.3, 0.4) is 0 Å². The number of rotatable bonds is 0. The highest BCUT2D eigenvalue weighted by Crippen LogP contribution is 2.24. The van der Waals surface area contributed by atoms with Crippen LogP contribution in [0.4, 0.5) is 0 Å². The van der Waals surface area contributed by atoms with Crippen LogP contribution >= 0.6 is 0 Å². The van der Waals surface area contributed by atoms with Crippen LogP contribution in [0.5, 0.6) is 0 Å². The summed E-state index contributed by atoms with van der Waals surface area (Å²) < 4.78 is 0. The Labute approximate surface area is 643 Å². The Morgan fingerprint density at radius 1 is 0.109 bits per heavy atom. The highest BCUT2D eigenvalue weighted by Gasteiger charge is 2.04. The molecule has 0 spiro atoms. The van der Waals surface area contributed by atoms with Gasteiger partial charge in [-0.3, -0.25) is 0 Å². The lowest BCUT2D eigenvalue weighted by atomic mass is 10.0. The van der Waals surface area contributed by atoms with Crippen molar-refractivity contribution in [2.75, 3.05) is 0 Å².